The Morgan fingerprint density at radius 1 is 0.472 bits per heavy atom. The average Bonchev–Trinajstić information content (AvgIpc) is 1.21. The molecule has 15 rings (SSSR count). The highest BCUT2D eigenvalue weighted by Gasteiger charge is 2.34. The third kappa shape index (κ3) is 15.2. The van der Waals surface area contributed by atoms with E-state index < -0.39 is 11.9 Å². The molecule has 4 aliphatic rings. The van der Waals surface area contributed by atoms with Gasteiger partial charge in [0.1, 0.15) is 0 Å². The number of aliphatic hydroxyl groups excluding tert-OH is 1. The van der Waals surface area contributed by atoms with Gasteiger partial charge in [0.15, 0.2) is 0 Å². The van der Waals surface area contributed by atoms with E-state index in [1.807, 2.05) is 97.9 Å². The second kappa shape index (κ2) is 33.4. The molecule has 0 fully saturated rings. The van der Waals surface area contributed by atoms with Crippen LogP contribution < -0.4 is 11.1 Å². The maximum absolute atomic E-state index is 13.5. The lowest BCUT2D eigenvalue weighted by Crippen LogP contribution is -2.36. The van der Waals surface area contributed by atoms with Crippen LogP contribution in [0.1, 0.15) is 193 Å². The van der Waals surface area contributed by atoms with Crippen LogP contribution in [0.2, 0.25) is 5.02 Å². The number of nitrogens with one attached hydrogen (secondary N) is 1. The van der Waals surface area contributed by atoms with Crippen molar-refractivity contribution in [1.29, 1.82) is 0 Å². The van der Waals surface area contributed by atoms with Crippen molar-refractivity contribution in [3.63, 3.8) is 0 Å². The zero-order valence-corrected chi connectivity index (χ0v) is 62.3. The van der Waals surface area contributed by atoms with Gasteiger partial charge in [0.2, 0.25) is 5.91 Å². The van der Waals surface area contributed by atoms with Gasteiger partial charge in [0.25, 0.3) is 41.4 Å². The number of unbranched alkanes of at least 4 members (excludes halogenated alkanes) is 8. The molecule has 10 aromatic carbocycles. The number of aliphatic hydroxyl groups is 1. The number of hydrogen-bond acceptors (Lipinski definition) is 13. The fourth-order valence-corrected chi connectivity index (χ4v) is 15.4. The highest BCUT2D eigenvalue weighted by Crippen LogP contribution is 2.38. The first-order chi connectivity index (χ1) is 50.6. The van der Waals surface area contributed by atoms with E-state index in [9.17, 15) is 53.1 Å². The van der Waals surface area contributed by atoms with Crippen LogP contribution >= 0.6 is 43.5 Å². The molecule has 21 heteroatoms. The lowest BCUT2D eigenvalue weighted by molar-refractivity contribution is -0.120. The van der Waals surface area contributed by atoms with Crippen LogP contribution in [0.5, 0.6) is 0 Å². The number of cyclic esters (lactones) is 2. The molecule has 0 radical (unpaired) electrons. The molecule has 0 atom stereocenters. The van der Waals surface area contributed by atoms with Gasteiger partial charge in [0, 0.05) is 113 Å². The highest BCUT2D eigenvalue weighted by atomic mass is 79.9. The second-order valence-corrected chi connectivity index (χ2v) is 28.5. The molecule has 1 aromatic heterocycles. The summed E-state index contributed by atoms with van der Waals surface area (Å²) < 4.78 is 8.03. The van der Waals surface area contributed by atoms with Crippen molar-refractivity contribution in [1.82, 2.24) is 24.6 Å². The molecule has 18 nitrogen and oxygen atoms in total. The Labute approximate surface area is 635 Å². The first-order valence-corrected chi connectivity index (χ1v) is 36.9. The number of rotatable bonds is 19. The number of benzene rings is 10. The Hall–Kier alpha value is -10.4. The molecule has 0 saturated carbocycles. The van der Waals surface area contributed by atoms with Crippen LogP contribution in [0.4, 0.5) is 0 Å². The van der Waals surface area contributed by atoms with E-state index in [0.29, 0.717) is 83.8 Å². The summed E-state index contributed by atoms with van der Waals surface area (Å²) in [6.07, 6.45) is 12.6. The molecule has 0 aliphatic carbocycles. The highest BCUT2D eigenvalue weighted by molar-refractivity contribution is 9.11. The molecule has 4 aliphatic heterocycles. The van der Waals surface area contributed by atoms with E-state index in [4.69, 9.17) is 17.3 Å². The van der Waals surface area contributed by atoms with Crippen molar-refractivity contribution < 1.29 is 57.8 Å². The van der Waals surface area contributed by atoms with Crippen molar-refractivity contribution in [3.8, 4) is 0 Å². The monoisotopic (exact) mass is 1570 g/mol. The molecular weight excluding hydrogens is 1490 g/mol. The van der Waals surface area contributed by atoms with Gasteiger partial charge in [-0.25, -0.2) is 9.59 Å². The summed E-state index contributed by atoms with van der Waals surface area (Å²) in [6.45, 7) is 3.04. The zero-order valence-electron chi connectivity index (χ0n) is 58.3. The number of aryl methyl sites for hydroxylation is 2. The number of ether oxygens (including phenoxy) is 1. The number of nitrogens with two attached hydrogens (primary N) is 1. The van der Waals surface area contributed by atoms with E-state index in [1.165, 1.54) is 48.7 Å². The maximum Gasteiger partial charge on any atom is 0.346 e. The Bertz CT molecular complexity index is 5330. The Morgan fingerprint density at radius 2 is 0.868 bits per heavy atom. The quantitative estimate of drug-likeness (QED) is 0.0295. The second-order valence-electron chi connectivity index (χ2n) is 26.4. The van der Waals surface area contributed by atoms with Gasteiger partial charge in [-0.05, 0) is 193 Å². The molecule has 4 N–H and O–H groups in total. The van der Waals surface area contributed by atoms with E-state index in [1.54, 1.807) is 84.4 Å². The van der Waals surface area contributed by atoms with Crippen molar-refractivity contribution in [2.75, 3.05) is 34.2 Å². The van der Waals surface area contributed by atoms with Crippen molar-refractivity contribution in [3.05, 3.63) is 256 Å². The van der Waals surface area contributed by atoms with Gasteiger partial charge in [-0.2, -0.15) is 0 Å². The predicted molar refractivity (Wildman–Crippen MR) is 420 cm³/mol. The number of imide groups is 3. The molecule has 0 saturated heterocycles. The van der Waals surface area contributed by atoms with E-state index in [0.717, 1.165) is 132 Å². The minimum Gasteiger partial charge on any atom is -0.392 e. The molecule has 0 bridgehead atoms. The van der Waals surface area contributed by atoms with Gasteiger partial charge in [-0.15, -0.1) is 0 Å². The lowest BCUT2D eigenvalue weighted by Gasteiger charge is -2.24. The van der Waals surface area contributed by atoms with E-state index in [2.05, 4.69) is 41.9 Å². The first kappa shape index (κ1) is 76.8. The predicted octanol–water partition coefficient (Wildman–Crippen LogP) is 16.9. The minimum atomic E-state index is -0.582. The van der Waals surface area contributed by atoms with Gasteiger partial charge in [0.05, 0.1) is 29.7 Å². The van der Waals surface area contributed by atoms with Gasteiger partial charge < -0.3 is 20.9 Å². The van der Waals surface area contributed by atoms with Crippen LogP contribution in [0.25, 0.3) is 54.0 Å². The fourth-order valence-electron chi connectivity index (χ4n) is 14.3. The Morgan fingerprint density at radius 3 is 1.35 bits per heavy atom. The summed E-state index contributed by atoms with van der Waals surface area (Å²) >= 11 is 12.9. The largest absolute Gasteiger partial charge is 0.392 e. The number of nitrogens with zero attached hydrogens (tertiary/aromatic N) is 4. The SMILES string of the molecule is C.CN1C(=O)c2cccc3c(Br)ccc(c23)C1=O.CN1C(=O)c2cccc3c(CCCCCCCN)ccc(c23)C1=O.Cc1c(CC(=O)NCCCCCCCc2ccc3c4c(cccc24)C(=O)N(C)C3=O)c2cc(CO)ccc2n1C(=O)c1ccc(Cl)cc1.O=C1OC(=O)c2ccc(Br)c3cccc1c23. The van der Waals surface area contributed by atoms with Crippen LogP contribution in [0.15, 0.2) is 173 Å². The van der Waals surface area contributed by atoms with Crippen LogP contribution in [-0.2, 0) is 35.4 Å². The van der Waals surface area contributed by atoms with Crippen molar-refractivity contribution in [2.45, 2.75) is 104 Å². The van der Waals surface area contributed by atoms with Crippen molar-refractivity contribution >= 4 is 157 Å². The third-order valence-electron chi connectivity index (χ3n) is 19.9. The Kier molecular flexibility index (Phi) is 24.2. The smallest absolute Gasteiger partial charge is 0.346 e. The van der Waals surface area contributed by atoms with Crippen molar-refractivity contribution in [2.24, 2.45) is 5.73 Å². The summed E-state index contributed by atoms with van der Waals surface area (Å²) in [5.74, 6) is -2.92. The normalized spacial score (nSPS) is 13.3. The summed E-state index contributed by atoms with van der Waals surface area (Å²) in [7, 11) is 4.57. The average molecular weight is 1570 g/mol. The lowest BCUT2D eigenvalue weighted by atomic mass is 9.90. The van der Waals surface area contributed by atoms with Gasteiger partial charge in [-0.3, -0.25) is 57.6 Å². The molecular formula is C85H79Br2ClN6O12. The molecule has 0 unspecified atom stereocenters. The van der Waals surface area contributed by atoms with E-state index >= 15 is 0 Å². The number of aromatic nitrogens is 1. The maximum atomic E-state index is 13.5. The fraction of sp³-hybridized carbons (Fsp3) is 0.247. The number of halogens is 3. The topological polar surface area (TPSA) is 253 Å². The minimum absolute atomic E-state index is 0. The third-order valence-corrected chi connectivity index (χ3v) is 21.5. The molecule has 7 amide bonds. The summed E-state index contributed by atoms with van der Waals surface area (Å²) in [5, 5.41) is 20.9. The molecule has 5 heterocycles. The van der Waals surface area contributed by atoms with Crippen LogP contribution in [-0.4, -0.2) is 118 Å². The molecule has 106 heavy (non-hydrogen) atoms. The molecule has 542 valence electrons. The number of carbonyl (C=O) groups excluding carboxylic acids is 10. The first-order valence-electron chi connectivity index (χ1n) is 34.9. The summed E-state index contributed by atoms with van der Waals surface area (Å²) in [6, 6.07) is 49.2. The molecule has 0 spiro atoms. The standard InChI is InChI=1S/C39H38ClN3O5.C20H24N2O2.C13H8BrNO2.C12H5BrO3.CH4/c1-24-32(33-21-25(23-44)12-19-34(33)43(24)37(46)27-13-16-28(40)17-14-27)22-35(45)41-20-7-5-3-4-6-9-26-15-18-31-36-29(26)10-8-11-30(36)38(47)42(2)39(31)48;1-22-19(23)16-10-7-9-15-14(8-5-3-2-4-6-13-21)11-12-17(18(15)16)20(22)24;1-15-12(16)8-4-2-3-7-10(14)6-5-9(11(7)8)13(15)17;13-9-5-4-8-10-6(9)2-1-3-7(10)11(14)16-12(8)15;/h8,10-19,21,44H,3-7,9,20,22-23H2,1-2H3,(H,41,45);7,9-12H,2-6,8,13,21H2,1H3;2-6H,1H3;1-5H;1H4. The summed E-state index contributed by atoms with van der Waals surface area (Å²) in [4.78, 5) is 127. The number of amides is 7. The van der Waals surface area contributed by atoms with Crippen LogP contribution in [0, 0.1) is 6.92 Å². The van der Waals surface area contributed by atoms with E-state index in [-0.39, 0.29) is 67.7 Å². The van der Waals surface area contributed by atoms with Gasteiger partial charge in [-0.1, -0.05) is 156 Å². The number of esters is 2. The number of hydrogen-bond donors (Lipinski definition) is 3. The van der Waals surface area contributed by atoms with Crippen LogP contribution in [0.3, 0.4) is 0 Å². The Balaban J connectivity index is 0.000000159. The zero-order chi connectivity index (χ0) is 74.5. The number of carbonyl (C=O) groups is 10. The summed E-state index contributed by atoms with van der Waals surface area (Å²) in [5.41, 5.74) is 15.7. The van der Waals surface area contributed by atoms with Gasteiger partial charge >= 0.3 is 11.9 Å². The number of fused-ring (bicyclic) bond motifs is 1. The molecule has 11 aromatic rings.